The quantitative estimate of drug-likeness (QED) is 0.609. The molecule has 0 spiro atoms. The van der Waals surface area contributed by atoms with E-state index in [9.17, 15) is 5.11 Å². The number of benzene rings is 2. The van der Waals surface area contributed by atoms with Crippen molar-refractivity contribution in [2.24, 2.45) is 0 Å². The zero-order chi connectivity index (χ0) is 14.5. The van der Waals surface area contributed by atoms with Gasteiger partial charge in [0.2, 0.25) is 0 Å². The van der Waals surface area contributed by atoms with Crippen molar-refractivity contribution in [3.8, 4) is 0 Å². The number of rotatable bonds is 6. The first-order valence-corrected chi connectivity index (χ1v) is 6.99. The molecule has 0 aliphatic carbocycles. The van der Waals surface area contributed by atoms with Gasteiger partial charge < -0.3 is 10.1 Å². The van der Waals surface area contributed by atoms with Gasteiger partial charge in [0.05, 0.1) is 12.3 Å². The van der Waals surface area contributed by atoms with Gasteiger partial charge in [-0.15, -0.1) is 0 Å². The fourth-order valence-corrected chi connectivity index (χ4v) is 2.29. The van der Waals surface area contributed by atoms with Crippen LogP contribution in [0.1, 0.15) is 5.69 Å². The van der Waals surface area contributed by atoms with E-state index >= 15 is 0 Å². The Morgan fingerprint density at radius 1 is 1.05 bits per heavy atom. The van der Waals surface area contributed by atoms with Crippen LogP contribution in [0.25, 0.3) is 10.9 Å². The fourth-order valence-electron chi connectivity index (χ4n) is 2.29. The number of H-pyrrole nitrogens is 1. The van der Waals surface area contributed by atoms with Gasteiger partial charge in [0.25, 0.3) is 0 Å². The third kappa shape index (κ3) is 3.42. The maximum atomic E-state index is 9.46. The highest BCUT2D eigenvalue weighted by Gasteiger charge is 2.11. The van der Waals surface area contributed by atoms with Crippen LogP contribution in [0.4, 0.5) is 5.69 Å². The van der Waals surface area contributed by atoms with Crippen molar-refractivity contribution in [3.05, 3.63) is 66.4 Å². The summed E-state index contributed by atoms with van der Waals surface area (Å²) in [7, 11) is 0. The Morgan fingerprint density at radius 3 is 2.57 bits per heavy atom. The number of fused-ring (bicyclic) bond motifs is 1. The van der Waals surface area contributed by atoms with Crippen LogP contribution in [-0.2, 0) is 11.3 Å². The topological polar surface area (TPSA) is 57.3 Å². The van der Waals surface area contributed by atoms with Crippen molar-refractivity contribution < 1.29 is 9.94 Å². The number of aromatic amines is 1. The summed E-state index contributed by atoms with van der Waals surface area (Å²) >= 11 is 0. The highest BCUT2D eigenvalue weighted by molar-refractivity contribution is 5.80. The minimum absolute atomic E-state index is 0.0464. The highest BCUT2D eigenvalue weighted by Crippen LogP contribution is 2.16. The SMILES string of the molecule is OC[C@@H](Cc1cc2ccccc2[nH]1)ONc1ccccc1. The number of para-hydroxylation sites is 2. The molecule has 108 valence electrons. The molecule has 2 aromatic carbocycles. The van der Waals surface area contributed by atoms with Crippen LogP contribution >= 0.6 is 0 Å². The van der Waals surface area contributed by atoms with E-state index in [1.165, 1.54) is 5.39 Å². The molecule has 0 fully saturated rings. The van der Waals surface area contributed by atoms with E-state index in [4.69, 9.17) is 4.84 Å². The number of aliphatic hydroxyl groups excluding tert-OH is 1. The van der Waals surface area contributed by atoms with Crippen LogP contribution in [0.5, 0.6) is 0 Å². The summed E-state index contributed by atoms with van der Waals surface area (Å²) in [5, 5.41) is 10.6. The van der Waals surface area contributed by atoms with Gasteiger partial charge in [0.15, 0.2) is 0 Å². The van der Waals surface area contributed by atoms with E-state index in [-0.39, 0.29) is 12.7 Å². The van der Waals surface area contributed by atoms with Crippen molar-refractivity contribution in [2.45, 2.75) is 12.5 Å². The summed E-state index contributed by atoms with van der Waals surface area (Å²) in [5.41, 5.74) is 5.89. The van der Waals surface area contributed by atoms with Crippen LogP contribution in [0.2, 0.25) is 0 Å². The van der Waals surface area contributed by atoms with E-state index in [1.807, 2.05) is 48.5 Å². The summed E-state index contributed by atoms with van der Waals surface area (Å²) in [6, 6.07) is 19.8. The van der Waals surface area contributed by atoms with Gasteiger partial charge in [0, 0.05) is 17.6 Å². The number of nitrogens with one attached hydrogen (secondary N) is 2. The van der Waals surface area contributed by atoms with Gasteiger partial charge in [-0.25, -0.2) is 0 Å². The molecule has 3 rings (SSSR count). The lowest BCUT2D eigenvalue weighted by atomic mass is 10.2. The Kier molecular flexibility index (Phi) is 4.19. The Labute approximate surface area is 123 Å². The monoisotopic (exact) mass is 282 g/mol. The number of aliphatic hydroxyl groups is 1. The molecule has 1 atom stereocenters. The molecule has 0 radical (unpaired) electrons. The summed E-state index contributed by atoms with van der Waals surface area (Å²) in [4.78, 5) is 8.90. The van der Waals surface area contributed by atoms with Gasteiger partial charge in [-0.05, 0) is 29.7 Å². The number of hydrogen-bond acceptors (Lipinski definition) is 3. The van der Waals surface area contributed by atoms with Crippen molar-refractivity contribution >= 4 is 16.6 Å². The molecule has 21 heavy (non-hydrogen) atoms. The molecule has 0 unspecified atom stereocenters. The molecule has 0 aliphatic heterocycles. The van der Waals surface area contributed by atoms with Crippen LogP contribution in [0.15, 0.2) is 60.7 Å². The molecule has 0 amide bonds. The summed E-state index contributed by atoms with van der Waals surface area (Å²) < 4.78 is 0. The maximum Gasteiger partial charge on any atom is 0.114 e. The van der Waals surface area contributed by atoms with E-state index in [0.717, 1.165) is 16.9 Å². The Hall–Kier alpha value is -2.30. The average Bonchev–Trinajstić information content (AvgIpc) is 2.94. The molecule has 0 aliphatic rings. The molecule has 4 heteroatoms. The van der Waals surface area contributed by atoms with Gasteiger partial charge in [-0.3, -0.25) is 10.3 Å². The van der Waals surface area contributed by atoms with Crippen molar-refractivity contribution in [2.75, 3.05) is 12.1 Å². The lowest BCUT2D eigenvalue weighted by molar-refractivity contribution is 0.0471. The van der Waals surface area contributed by atoms with Gasteiger partial charge >= 0.3 is 0 Å². The van der Waals surface area contributed by atoms with Crippen LogP contribution < -0.4 is 5.48 Å². The molecule has 0 bridgehead atoms. The minimum atomic E-state index is -0.307. The van der Waals surface area contributed by atoms with E-state index in [1.54, 1.807) is 0 Å². The third-order valence-electron chi connectivity index (χ3n) is 3.35. The Bertz CT molecular complexity index is 661. The Balaban J connectivity index is 1.63. The normalized spacial score (nSPS) is 12.4. The second-order valence-electron chi connectivity index (χ2n) is 4.98. The first-order chi connectivity index (χ1) is 10.3. The zero-order valence-electron chi connectivity index (χ0n) is 11.6. The number of aromatic nitrogens is 1. The fraction of sp³-hybridized carbons (Fsp3) is 0.176. The second kappa shape index (κ2) is 6.43. The number of anilines is 1. The van der Waals surface area contributed by atoms with Crippen LogP contribution in [0, 0.1) is 0 Å². The van der Waals surface area contributed by atoms with E-state index < -0.39 is 0 Å². The predicted molar refractivity (Wildman–Crippen MR) is 84.0 cm³/mol. The summed E-state index contributed by atoms with van der Waals surface area (Å²) in [6.45, 7) is -0.0464. The molecule has 1 aromatic heterocycles. The van der Waals surface area contributed by atoms with Crippen molar-refractivity contribution in [1.82, 2.24) is 4.98 Å². The van der Waals surface area contributed by atoms with Crippen LogP contribution in [0.3, 0.4) is 0 Å². The summed E-state index contributed by atoms with van der Waals surface area (Å²) in [6.07, 6.45) is 0.309. The Morgan fingerprint density at radius 2 is 1.81 bits per heavy atom. The van der Waals surface area contributed by atoms with Gasteiger partial charge in [-0.1, -0.05) is 36.4 Å². The lowest BCUT2D eigenvalue weighted by Gasteiger charge is -2.15. The molecule has 0 saturated heterocycles. The first kappa shape index (κ1) is 13.7. The average molecular weight is 282 g/mol. The van der Waals surface area contributed by atoms with Crippen LogP contribution in [-0.4, -0.2) is 22.8 Å². The van der Waals surface area contributed by atoms with Crippen molar-refractivity contribution in [3.63, 3.8) is 0 Å². The molecule has 0 saturated carbocycles. The molecule has 4 nitrogen and oxygen atoms in total. The van der Waals surface area contributed by atoms with Crippen molar-refractivity contribution in [1.29, 1.82) is 0 Å². The first-order valence-electron chi connectivity index (χ1n) is 6.99. The molecule has 3 aromatic rings. The maximum absolute atomic E-state index is 9.46. The van der Waals surface area contributed by atoms with Gasteiger partial charge in [0.1, 0.15) is 6.10 Å². The lowest BCUT2D eigenvalue weighted by Crippen LogP contribution is -2.23. The van der Waals surface area contributed by atoms with Gasteiger partial charge in [-0.2, -0.15) is 0 Å². The molecular weight excluding hydrogens is 264 g/mol. The highest BCUT2D eigenvalue weighted by atomic mass is 16.7. The molecule has 1 heterocycles. The minimum Gasteiger partial charge on any atom is -0.394 e. The smallest absolute Gasteiger partial charge is 0.114 e. The zero-order valence-corrected chi connectivity index (χ0v) is 11.6. The molecular formula is C17H18N2O2. The largest absolute Gasteiger partial charge is 0.394 e. The molecule has 3 N–H and O–H groups in total. The standard InChI is InChI=1S/C17H18N2O2/c20-12-16(21-19-14-7-2-1-3-8-14)11-15-10-13-6-4-5-9-17(13)18-15/h1-10,16,18-20H,11-12H2/t16-/m1/s1. The second-order valence-corrected chi connectivity index (χ2v) is 4.98. The third-order valence-corrected chi connectivity index (χ3v) is 3.35. The number of hydrogen-bond donors (Lipinski definition) is 3. The summed E-state index contributed by atoms with van der Waals surface area (Å²) in [5.74, 6) is 0. The predicted octanol–water partition coefficient (Wildman–Crippen LogP) is 3.12. The van der Waals surface area contributed by atoms with E-state index in [0.29, 0.717) is 6.42 Å². The van der Waals surface area contributed by atoms with E-state index in [2.05, 4.69) is 22.6 Å².